The quantitative estimate of drug-likeness (QED) is 0.814. The molecule has 17 heavy (non-hydrogen) atoms. The van der Waals surface area contributed by atoms with Gasteiger partial charge in [-0.15, -0.1) is 0 Å². The number of halogens is 2. The summed E-state index contributed by atoms with van der Waals surface area (Å²) >= 11 is 5.69. The van der Waals surface area contributed by atoms with Gasteiger partial charge in [0, 0.05) is 6.54 Å². The Morgan fingerprint density at radius 2 is 2.06 bits per heavy atom. The summed E-state index contributed by atoms with van der Waals surface area (Å²) in [4.78, 5) is -0.0861. The minimum absolute atomic E-state index is 0.0861. The molecule has 0 radical (unpaired) electrons. The van der Waals surface area contributed by atoms with Crippen LogP contribution < -0.4 is 4.72 Å². The lowest BCUT2D eigenvalue weighted by molar-refractivity contribution is 0.575. The fraction of sp³-hybridized carbons (Fsp3) is 0.455. The van der Waals surface area contributed by atoms with Crippen LogP contribution >= 0.6 is 11.6 Å². The van der Waals surface area contributed by atoms with E-state index >= 15 is 0 Å². The lowest BCUT2D eigenvalue weighted by atomic mass is 10.3. The van der Waals surface area contributed by atoms with Crippen LogP contribution in [0.5, 0.6) is 0 Å². The molecule has 0 unspecified atom stereocenters. The molecule has 1 aromatic rings. The van der Waals surface area contributed by atoms with Crippen LogP contribution in [0.15, 0.2) is 23.1 Å². The summed E-state index contributed by atoms with van der Waals surface area (Å²) in [6.07, 6.45) is 2.74. The molecule has 0 spiro atoms. The first kappa shape index (κ1) is 14.4. The molecule has 0 heterocycles. The van der Waals surface area contributed by atoms with Crippen molar-refractivity contribution in [3.63, 3.8) is 0 Å². The maximum absolute atomic E-state index is 12.8. The van der Waals surface area contributed by atoms with Crippen molar-refractivity contribution in [1.29, 1.82) is 0 Å². The Labute approximate surface area is 106 Å². The minimum Gasteiger partial charge on any atom is -0.211 e. The van der Waals surface area contributed by atoms with E-state index in [1.807, 2.05) is 6.92 Å². The third-order valence-electron chi connectivity index (χ3n) is 2.26. The van der Waals surface area contributed by atoms with Crippen LogP contribution in [0.3, 0.4) is 0 Å². The van der Waals surface area contributed by atoms with Gasteiger partial charge in [0.25, 0.3) is 0 Å². The van der Waals surface area contributed by atoms with E-state index in [1.165, 1.54) is 6.07 Å². The first-order valence-electron chi connectivity index (χ1n) is 5.42. The number of benzene rings is 1. The fourth-order valence-electron chi connectivity index (χ4n) is 1.35. The normalized spacial score (nSPS) is 11.7. The van der Waals surface area contributed by atoms with Crippen LogP contribution in [0.2, 0.25) is 5.02 Å². The Bertz CT molecular complexity index is 476. The zero-order valence-electron chi connectivity index (χ0n) is 9.54. The Balaban J connectivity index is 2.76. The lowest BCUT2D eigenvalue weighted by Gasteiger charge is -2.07. The third kappa shape index (κ3) is 4.26. The molecule has 0 aliphatic rings. The summed E-state index contributed by atoms with van der Waals surface area (Å²) in [5, 5.41) is -0.104. The van der Waals surface area contributed by atoms with Crippen LogP contribution in [-0.4, -0.2) is 15.0 Å². The first-order chi connectivity index (χ1) is 7.97. The Kier molecular flexibility index (Phi) is 5.36. The molecule has 6 heteroatoms. The summed E-state index contributed by atoms with van der Waals surface area (Å²) in [6, 6.07) is 3.23. The van der Waals surface area contributed by atoms with Gasteiger partial charge in [0.05, 0.1) is 5.02 Å². The highest BCUT2D eigenvalue weighted by Crippen LogP contribution is 2.21. The molecule has 0 saturated carbocycles. The van der Waals surface area contributed by atoms with Gasteiger partial charge in [0.2, 0.25) is 10.0 Å². The van der Waals surface area contributed by atoms with Crippen LogP contribution in [0.1, 0.15) is 26.2 Å². The van der Waals surface area contributed by atoms with Crippen LogP contribution in [0, 0.1) is 5.82 Å². The van der Waals surface area contributed by atoms with E-state index in [9.17, 15) is 12.8 Å². The second-order valence-electron chi connectivity index (χ2n) is 3.68. The number of unbranched alkanes of at least 4 members (excludes halogenated alkanes) is 2. The van der Waals surface area contributed by atoms with Crippen LogP contribution in [0.4, 0.5) is 4.39 Å². The second-order valence-corrected chi connectivity index (χ2v) is 5.82. The predicted molar refractivity (Wildman–Crippen MR) is 66.1 cm³/mol. The molecule has 0 bridgehead atoms. The molecule has 0 fully saturated rings. The molecule has 1 rings (SSSR count). The van der Waals surface area contributed by atoms with Crippen molar-refractivity contribution in [3.8, 4) is 0 Å². The highest BCUT2D eigenvalue weighted by molar-refractivity contribution is 7.89. The monoisotopic (exact) mass is 279 g/mol. The van der Waals surface area contributed by atoms with Crippen molar-refractivity contribution < 1.29 is 12.8 Å². The van der Waals surface area contributed by atoms with E-state index in [0.29, 0.717) is 6.54 Å². The molecule has 3 nitrogen and oxygen atoms in total. The summed E-state index contributed by atoms with van der Waals surface area (Å²) in [5.41, 5.74) is 0. The predicted octanol–water partition coefficient (Wildman–Crippen LogP) is 2.95. The van der Waals surface area contributed by atoms with Gasteiger partial charge >= 0.3 is 0 Å². The van der Waals surface area contributed by atoms with Crippen molar-refractivity contribution in [2.24, 2.45) is 0 Å². The largest absolute Gasteiger partial charge is 0.242 e. The van der Waals surface area contributed by atoms with E-state index in [-0.39, 0.29) is 9.92 Å². The van der Waals surface area contributed by atoms with Crippen molar-refractivity contribution in [2.45, 2.75) is 31.1 Å². The topological polar surface area (TPSA) is 46.2 Å². The van der Waals surface area contributed by atoms with Gasteiger partial charge in [0.1, 0.15) is 10.7 Å². The second kappa shape index (κ2) is 6.33. The van der Waals surface area contributed by atoms with Gasteiger partial charge < -0.3 is 0 Å². The number of nitrogens with one attached hydrogen (secondary N) is 1. The summed E-state index contributed by atoms with van der Waals surface area (Å²) < 4.78 is 38.8. The zero-order valence-corrected chi connectivity index (χ0v) is 11.1. The van der Waals surface area contributed by atoms with E-state index < -0.39 is 15.8 Å². The Hall–Kier alpha value is -0.650. The Morgan fingerprint density at radius 3 is 2.65 bits per heavy atom. The Morgan fingerprint density at radius 1 is 1.35 bits per heavy atom. The fourth-order valence-corrected chi connectivity index (χ4v) is 2.96. The number of hydrogen-bond donors (Lipinski definition) is 1. The van der Waals surface area contributed by atoms with Gasteiger partial charge in [-0.25, -0.2) is 17.5 Å². The lowest BCUT2D eigenvalue weighted by Crippen LogP contribution is -2.25. The van der Waals surface area contributed by atoms with Crippen LogP contribution in [-0.2, 0) is 10.0 Å². The molecule has 96 valence electrons. The van der Waals surface area contributed by atoms with E-state index in [1.54, 1.807) is 0 Å². The summed E-state index contributed by atoms with van der Waals surface area (Å²) in [7, 11) is -3.64. The molecule has 1 aromatic carbocycles. The maximum Gasteiger partial charge on any atom is 0.242 e. The van der Waals surface area contributed by atoms with E-state index in [2.05, 4.69) is 4.72 Å². The SMILES string of the molecule is CCCCCNS(=O)(=O)c1ccc(F)cc1Cl. The molecule has 0 amide bonds. The molecule has 0 saturated heterocycles. The number of hydrogen-bond acceptors (Lipinski definition) is 2. The standard InChI is InChI=1S/C11H15ClFNO2S/c1-2-3-4-7-14-17(15,16)11-6-5-9(13)8-10(11)12/h5-6,8,14H,2-4,7H2,1H3. The summed E-state index contributed by atoms with van der Waals surface area (Å²) in [6.45, 7) is 2.40. The van der Waals surface area contributed by atoms with Gasteiger partial charge in [-0.1, -0.05) is 31.4 Å². The zero-order chi connectivity index (χ0) is 12.9. The molecular weight excluding hydrogens is 265 g/mol. The molecule has 0 aromatic heterocycles. The van der Waals surface area contributed by atoms with E-state index in [0.717, 1.165) is 31.4 Å². The van der Waals surface area contributed by atoms with Crippen molar-refractivity contribution in [3.05, 3.63) is 29.0 Å². The minimum atomic E-state index is -3.64. The highest BCUT2D eigenvalue weighted by atomic mass is 35.5. The van der Waals surface area contributed by atoms with Crippen molar-refractivity contribution in [2.75, 3.05) is 6.54 Å². The maximum atomic E-state index is 12.8. The molecule has 0 aliphatic heterocycles. The number of rotatable bonds is 6. The first-order valence-corrected chi connectivity index (χ1v) is 7.28. The van der Waals surface area contributed by atoms with E-state index in [4.69, 9.17) is 11.6 Å². The highest BCUT2D eigenvalue weighted by Gasteiger charge is 2.17. The summed E-state index contributed by atoms with van der Waals surface area (Å²) in [5.74, 6) is -0.556. The third-order valence-corrected chi connectivity index (χ3v) is 4.20. The molecule has 0 aliphatic carbocycles. The van der Waals surface area contributed by atoms with Gasteiger partial charge in [-0.2, -0.15) is 0 Å². The molecule has 0 atom stereocenters. The van der Waals surface area contributed by atoms with Crippen molar-refractivity contribution >= 4 is 21.6 Å². The van der Waals surface area contributed by atoms with Crippen molar-refractivity contribution in [1.82, 2.24) is 4.72 Å². The average molecular weight is 280 g/mol. The average Bonchev–Trinajstić information content (AvgIpc) is 2.24. The van der Waals surface area contributed by atoms with Crippen LogP contribution in [0.25, 0.3) is 0 Å². The van der Waals surface area contributed by atoms with Gasteiger partial charge in [-0.3, -0.25) is 0 Å². The molecular formula is C11H15ClFNO2S. The molecule has 1 N–H and O–H groups in total. The smallest absolute Gasteiger partial charge is 0.211 e. The number of sulfonamides is 1. The van der Waals surface area contributed by atoms with Gasteiger partial charge in [0.15, 0.2) is 0 Å². The van der Waals surface area contributed by atoms with Gasteiger partial charge in [-0.05, 0) is 24.6 Å².